The Balaban J connectivity index is 1.68. The summed E-state index contributed by atoms with van der Waals surface area (Å²) in [4.78, 5) is 8.75. The molecule has 1 aliphatic heterocycles. The standard InChI is InChI=1S/C20H24BrN3O/c1-3-23-10-12-24(13-11-23)19-7-5-18(6-8-19)22-15-16-14-17(21)4-9-20(16)25-2/h4-9,14-15H,3,10-13H2,1-2H3/p+1. The van der Waals surface area contributed by atoms with Gasteiger partial charge in [-0.25, -0.2) is 0 Å². The van der Waals surface area contributed by atoms with Gasteiger partial charge >= 0.3 is 0 Å². The van der Waals surface area contributed by atoms with Crippen molar-refractivity contribution in [2.24, 2.45) is 4.99 Å². The molecule has 2 aromatic rings. The van der Waals surface area contributed by atoms with Crippen molar-refractivity contribution in [2.45, 2.75) is 6.92 Å². The van der Waals surface area contributed by atoms with E-state index in [-0.39, 0.29) is 0 Å². The quantitative estimate of drug-likeness (QED) is 0.778. The summed E-state index contributed by atoms with van der Waals surface area (Å²) in [5, 5.41) is 0. The van der Waals surface area contributed by atoms with Crippen LogP contribution in [-0.2, 0) is 0 Å². The largest absolute Gasteiger partial charge is 0.496 e. The average molecular weight is 403 g/mol. The van der Waals surface area contributed by atoms with Crippen molar-refractivity contribution in [3.05, 3.63) is 52.5 Å². The fourth-order valence-corrected chi connectivity index (χ4v) is 3.51. The Kier molecular flexibility index (Phi) is 6.10. The minimum Gasteiger partial charge on any atom is -0.496 e. The molecule has 1 saturated heterocycles. The maximum atomic E-state index is 5.38. The second-order valence-corrected chi connectivity index (χ2v) is 7.17. The van der Waals surface area contributed by atoms with Crippen molar-refractivity contribution in [2.75, 3.05) is 44.7 Å². The number of hydrogen-bond donors (Lipinski definition) is 1. The molecule has 1 aliphatic rings. The molecule has 0 radical (unpaired) electrons. The summed E-state index contributed by atoms with van der Waals surface area (Å²) in [7, 11) is 1.68. The third kappa shape index (κ3) is 4.61. The first-order valence-electron chi connectivity index (χ1n) is 8.76. The van der Waals surface area contributed by atoms with Crippen LogP contribution >= 0.6 is 15.9 Å². The number of aliphatic imine (C=N–C) groups is 1. The fraction of sp³-hybridized carbons (Fsp3) is 0.350. The van der Waals surface area contributed by atoms with Gasteiger partial charge in [-0.05, 0) is 49.4 Å². The number of benzene rings is 2. The zero-order valence-electron chi connectivity index (χ0n) is 14.8. The number of ether oxygens (including phenoxy) is 1. The molecule has 25 heavy (non-hydrogen) atoms. The molecule has 0 amide bonds. The van der Waals surface area contributed by atoms with Gasteiger partial charge in [-0.15, -0.1) is 0 Å². The third-order valence-corrected chi connectivity index (χ3v) is 5.22. The van der Waals surface area contributed by atoms with Gasteiger partial charge < -0.3 is 14.5 Å². The minimum atomic E-state index is 0.819. The molecule has 0 atom stereocenters. The zero-order chi connectivity index (χ0) is 17.6. The number of anilines is 1. The van der Waals surface area contributed by atoms with Crippen molar-refractivity contribution in [3.63, 3.8) is 0 Å². The van der Waals surface area contributed by atoms with Crippen LogP contribution in [0, 0.1) is 0 Å². The second kappa shape index (κ2) is 8.50. The molecule has 1 fully saturated rings. The molecule has 1 heterocycles. The molecule has 3 rings (SSSR count). The molecular formula is C20H25BrN3O+. The highest BCUT2D eigenvalue weighted by molar-refractivity contribution is 9.10. The van der Waals surface area contributed by atoms with E-state index in [2.05, 4.69) is 57.0 Å². The van der Waals surface area contributed by atoms with E-state index in [0.29, 0.717) is 0 Å². The number of nitrogens with one attached hydrogen (secondary N) is 1. The fourth-order valence-electron chi connectivity index (χ4n) is 3.13. The summed E-state index contributed by atoms with van der Waals surface area (Å²) in [5.74, 6) is 0.819. The SMILES string of the molecule is CC[NH+]1CCN(c2ccc(N=Cc3cc(Br)ccc3OC)cc2)CC1. The van der Waals surface area contributed by atoms with Crippen molar-refractivity contribution in [1.29, 1.82) is 0 Å². The average Bonchev–Trinajstić information content (AvgIpc) is 2.67. The minimum absolute atomic E-state index is 0.819. The highest BCUT2D eigenvalue weighted by Gasteiger charge is 2.18. The molecular weight excluding hydrogens is 378 g/mol. The molecule has 0 aliphatic carbocycles. The second-order valence-electron chi connectivity index (χ2n) is 6.25. The molecule has 0 aromatic heterocycles. The topological polar surface area (TPSA) is 29.3 Å². The summed E-state index contributed by atoms with van der Waals surface area (Å²) in [5.41, 5.74) is 3.19. The number of rotatable bonds is 5. The maximum Gasteiger partial charge on any atom is 0.127 e. The predicted molar refractivity (Wildman–Crippen MR) is 108 cm³/mol. The Morgan fingerprint density at radius 2 is 1.88 bits per heavy atom. The number of methoxy groups -OCH3 is 1. The Hall–Kier alpha value is -1.85. The van der Waals surface area contributed by atoms with Crippen molar-refractivity contribution < 1.29 is 9.64 Å². The molecule has 5 heteroatoms. The monoisotopic (exact) mass is 402 g/mol. The van der Waals surface area contributed by atoms with E-state index >= 15 is 0 Å². The van der Waals surface area contributed by atoms with Crippen molar-refractivity contribution in [3.8, 4) is 5.75 Å². The number of hydrogen-bond acceptors (Lipinski definition) is 3. The van der Waals surface area contributed by atoms with E-state index in [4.69, 9.17) is 4.74 Å². The van der Waals surface area contributed by atoms with Gasteiger partial charge in [0.15, 0.2) is 0 Å². The van der Waals surface area contributed by atoms with Gasteiger partial charge in [0.1, 0.15) is 5.75 Å². The molecule has 132 valence electrons. The lowest BCUT2D eigenvalue weighted by molar-refractivity contribution is -0.898. The van der Waals surface area contributed by atoms with Crippen LogP contribution in [0.5, 0.6) is 5.75 Å². The van der Waals surface area contributed by atoms with Crippen molar-refractivity contribution >= 4 is 33.5 Å². The van der Waals surface area contributed by atoms with E-state index in [1.54, 1.807) is 12.0 Å². The first kappa shape index (κ1) is 18.0. The maximum absolute atomic E-state index is 5.38. The lowest BCUT2D eigenvalue weighted by Gasteiger charge is -2.33. The predicted octanol–water partition coefficient (Wildman–Crippen LogP) is 2.93. The molecule has 0 unspecified atom stereocenters. The molecule has 4 nitrogen and oxygen atoms in total. The van der Waals surface area contributed by atoms with Crippen LogP contribution in [0.2, 0.25) is 0 Å². The summed E-state index contributed by atoms with van der Waals surface area (Å²) < 4.78 is 6.40. The van der Waals surface area contributed by atoms with Gasteiger partial charge in [-0.2, -0.15) is 0 Å². The first-order valence-corrected chi connectivity index (χ1v) is 9.55. The Morgan fingerprint density at radius 3 is 2.52 bits per heavy atom. The smallest absolute Gasteiger partial charge is 0.127 e. The van der Waals surface area contributed by atoms with Gasteiger partial charge in [0, 0.05) is 21.9 Å². The van der Waals surface area contributed by atoms with Gasteiger partial charge in [0.25, 0.3) is 0 Å². The molecule has 1 N–H and O–H groups in total. The normalized spacial score (nSPS) is 15.7. The van der Waals surface area contributed by atoms with Crippen LogP contribution in [-0.4, -0.2) is 46.0 Å². The lowest BCUT2D eigenvalue weighted by Crippen LogP contribution is -3.14. The molecule has 0 spiro atoms. The van der Waals surface area contributed by atoms with E-state index in [1.165, 1.54) is 25.3 Å². The molecule has 0 saturated carbocycles. The van der Waals surface area contributed by atoms with E-state index in [0.717, 1.165) is 34.6 Å². The van der Waals surface area contributed by atoms with Gasteiger partial charge in [-0.1, -0.05) is 15.9 Å². The summed E-state index contributed by atoms with van der Waals surface area (Å²) in [6, 6.07) is 14.4. The highest BCUT2D eigenvalue weighted by Crippen LogP contribution is 2.23. The number of halogens is 1. The number of nitrogens with zero attached hydrogens (tertiary/aromatic N) is 2. The number of piperazine rings is 1. The van der Waals surface area contributed by atoms with Crippen LogP contribution in [0.4, 0.5) is 11.4 Å². The van der Waals surface area contributed by atoms with Gasteiger partial charge in [-0.3, -0.25) is 4.99 Å². The summed E-state index contributed by atoms with van der Waals surface area (Å²) in [6.07, 6.45) is 1.85. The van der Waals surface area contributed by atoms with E-state index in [9.17, 15) is 0 Å². The van der Waals surface area contributed by atoms with Gasteiger partial charge in [0.05, 0.1) is 45.5 Å². The van der Waals surface area contributed by atoms with Crippen LogP contribution in [0.1, 0.15) is 12.5 Å². The van der Waals surface area contributed by atoms with Crippen molar-refractivity contribution in [1.82, 2.24) is 0 Å². The Labute approximate surface area is 158 Å². The zero-order valence-corrected chi connectivity index (χ0v) is 16.4. The summed E-state index contributed by atoms with van der Waals surface area (Å²) >= 11 is 3.49. The molecule has 2 aromatic carbocycles. The van der Waals surface area contributed by atoms with Crippen LogP contribution < -0.4 is 14.5 Å². The summed E-state index contributed by atoms with van der Waals surface area (Å²) in [6.45, 7) is 8.18. The van der Waals surface area contributed by atoms with E-state index < -0.39 is 0 Å². The lowest BCUT2D eigenvalue weighted by atomic mass is 10.2. The van der Waals surface area contributed by atoms with E-state index in [1.807, 2.05) is 24.4 Å². The third-order valence-electron chi connectivity index (χ3n) is 4.73. The highest BCUT2D eigenvalue weighted by atomic mass is 79.9. The first-order chi connectivity index (χ1) is 12.2. The van der Waals surface area contributed by atoms with Crippen LogP contribution in [0.25, 0.3) is 0 Å². The Morgan fingerprint density at radius 1 is 1.16 bits per heavy atom. The Bertz CT molecular complexity index is 722. The number of quaternary nitrogens is 1. The van der Waals surface area contributed by atoms with Gasteiger partial charge in [0.2, 0.25) is 0 Å². The number of likely N-dealkylation sites (N-methyl/N-ethyl adjacent to an activating group) is 1. The molecule has 0 bridgehead atoms. The van der Waals surface area contributed by atoms with Crippen LogP contribution in [0.15, 0.2) is 51.9 Å². The van der Waals surface area contributed by atoms with Crippen LogP contribution in [0.3, 0.4) is 0 Å².